The topological polar surface area (TPSA) is 40.2 Å². The monoisotopic (exact) mass is 697 g/mol. The zero-order valence-corrected chi connectivity index (χ0v) is 30.3. The molecule has 5 heteroatoms. The fourth-order valence-electron chi connectivity index (χ4n) is 8.78. The summed E-state index contributed by atoms with van der Waals surface area (Å²) in [6, 6.07) is 43.3. The van der Waals surface area contributed by atoms with Gasteiger partial charge in [0.2, 0.25) is 0 Å². The van der Waals surface area contributed by atoms with E-state index in [2.05, 4.69) is 134 Å². The van der Waals surface area contributed by atoms with Crippen LogP contribution in [0.2, 0.25) is 0 Å². The third-order valence-corrected chi connectivity index (χ3v) is 11.3. The lowest BCUT2D eigenvalue weighted by Crippen LogP contribution is -2.37. The van der Waals surface area contributed by atoms with Crippen molar-refractivity contribution in [3.63, 3.8) is 0 Å². The van der Waals surface area contributed by atoms with E-state index in [1.807, 2.05) is 18.2 Å². The highest BCUT2D eigenvalue weighted by Crippen LogP contribution is 2.59. The first-order valence-electron chi connectivity index (χ1n) is 18.5. The molecule has 1 aliphatic carbocycles. The number of rotatable bonds is 9. The second kappa shape index (κ2) is 13.3. The van der Waals surface area contributed by atoms with E-state index in [0.717, 1.165) is 77.4 Å². The molecule has 6 aromatic rings. The van der Waals surface area contributed by atoms with Crippen molar-refractivity contribution in [2.45, 2.75) is 24.4 Å². The van der Waals surface area contributed by atoms with Crippen LogP contribution in [0.1, 0.15) is 40.3 Å². The van der Waals surface area contributed by atoms with E-state index >= 15 is 0 Å². The van der Waals surface area contributed by atoms with Crippen molar-refractivity contribution in [1.29, 1.82) is 0 Å². The highest BCUT2D eigenvalue weighted by atomic mass is 16.5. The molecule has 0 spiro atoms. The number of methoxy groups -OCH3 is 1. The van der Waals surface area contributed by atoms with E-state index in [-0.39, 0.29) is 5.41 Å². The molecule has 0 N–H and O–H groups in total. The number of fused-ring (bicyclic) bond motifs is 8. The van der Waals surface area contributed by atoms with Gasteiger partial charge in [-0.1, -0.05) is 105 Å². The minimum Gasteiger partial charge on any atom is -0.497 e. The highest BCUT2D eigenvalue weighted by Gasteiger charge is 2.46. The number of morpholine rings is 1. The Bertz CT molecular complexity index is 2340. The molecule has 1 saturated heterocycles. The first-order chi connectivity index (χ1) is 26.0. The lowest BCUT2D eigenvalue weighted by atomic mass is 9.72. The van der Waals surface area contributed by atoms with Crippen LogP contribution in [0.15, 0.2) is 140 Å². The molecule has 264 valence electrons. The maximum absolute atomic E-state index is 7.63. The van der Waals surface area contributed by atoms with Crippen molar-refractivity contribution >= 4 is 22.5 Å². The van der Waals surface area contributed by atoms with E-state index < -0.39 is 5.60 Å². The molecular weight excluding hydrogens is 655 g/mol. The Morgan fingerprint density at radius 3 is 2.23 bits per heavy atom. The number of hydrogen-bond acceptors (Lipinski definition) is 5. The van der Waals surface area contributed by atoms with Crippen LogP contribution in [0.5, 0.6) is 17.2 Å². The van der Waals surface area contributed by atoms with Gasteiger partial charge in [-0.05, 0) is 88.2 Å². The molecule has 0 bridgehead atoms. The summed E-state index contributed by atoms with van der Waals surface area (Å²) >= 11 is 0. The fourth-order valence-corrected chi connectivity index (χ4v) is 8.78. The van der Waals surface area contributed by atoms with Crippen molar-refractivity contribution in [1.82, 2.24) is 0 Å². The molecule has 6 aromatic carbocycles. The van der Waals surface area contributed by atoms with E-state index in [1.54, 1.807) is 13.2 Å². The van der Waals surface area contributed by atoms with Crippen molar-refractivity contribution in [2.24, 2.45) is 0 Å². The quantitative estimate of drug-likeness (QED) is 0.141. The first kappa shape index (κ1) is 33.1. The standard InChI is InChI=1S/C48H43NO4/c1-4-28-52-37-20-16-35(17-21-37)48(34-14-18-36(19-15-34)49-26-29-51-30-27-49)25-24-41-45-44(42-31-38(50-3)22-23-39(42)46(41)53-48)40-12-8-9-13-43(40)47(45,2)32-33-10-6-5-7-11-33/h4-25,31H,1,26-30,32H2,2-3H3. The molecule has 2 heterocycles. The van der Waals surface area contributed by atoms with Crippen LogP contribution in [-0.2, 0) is 22.2 Å². The van der Waals surface area contributed by atoms with Crippen LogP contribution in [0.3, 0.4) is 0 Å². The lowest BCUT2D eigenvalue weighted by molar-refractivity contribution is 0.122. The largest absolute Gasteiger partial charge is 0.497 e. The molecule has 5 nitrogen and oxygen atoms in total. The number of nitrogens with zero attached hydrogens (tertiary/aromatic N) is 1. The maximum atomic E-state index is 7.63. The molecular formula is C48H43NO4. The van der Waals surface area contributed by atoms with Gasteiger partial charge in [0, 0.05) is 46.3 Å². The van der Waals surface area contributed by atoms with Crippen molar-refractivity contribution in [3.05, 3.63) is 173 Å². The molecule has 53 heavy (non-hydrogen) atoms. The highest BCUT2D eigenvalue weighted by molar-refractivity contribution is 6.09. The predicted molar refractivity (Wildman–Crippen MR) is 215 cm³/mol. The Labute approximate surface area is 311 Å². The summed E-state index contributed by atoms with van der Waals surface area (Å²) in [6.07, 6.45) is 7.21. The minimum absolute atomic E-state index is 0.313. The van der Waals surface area contributed by atoms with Gasteiger partial charge in [0.25, 0.3) is 0 Å². The van der Waals surface area contributed by atoms with E-state index in [1.165, 1.54) is 33.5 Å². The van der Waals surface area contributed by atoms with Crippen molar-refractivity contribution in [3.8, 4) is 28.4 Å². The summed E-state index contributed by atoms with van der Waals surface area (Å²) in [7, 11) is 1.74. The zero-order chi connectivity index (χ0) is 36.0. The summed E-state index contributed by atoms with van der Waals surface area (Å²) in [5.74, 6) is 2.48. The molecule has 9 rings (SSSR count). The SMILES string of the molecule is C=CCOc1ccc(C2(c3ccc(N4CCOCC4)cc3)C=Cc3c4c(c5cc(OC)ccc5c3O2)-c2ccccc2C4(C)Cc2ccccc2)cc1. The average molecular weight is 698 g/mol. The van der Waals surface area contributed by atoms with Crippen LogP contribution in [0.4, 0.5) is 5.69 Å². The van der Waals surface area contributed by atoms with Crippen molar-refractivity contribution < 1.29 is 18.9 Å². The third kappa shape index (κ3) is 5.50. The zero-order valence-electron chi connectivity index (χ0n) is 30.3. The number of ether oxygens (including phenoxy) is 4. The minimum atomic E-state index is -0.907. The second-order valence-corrected chi connectivity index (χ2v) is 14.4. The molecule has 3 aliphatic rings. The Kier molecular flexibility index (Phi) is 8.32. The number of hydrogen-bond donors (Lipinski definition) is 0. The van der Waals surface area contributed by atoms with Gasteiger partial charge >= 0.3 is 0 Å². The molecule has 2 atom stereocenters. The fraction of sp³-hybridized carbons (Fsp3) is 0.208. The Hall–Kier alpha value is -5.78. The average Bonchev–Trinajstić information content (AvgIpc) is 3.48. The van der Waals surface area contributed by atoms with Gasteiger partial charge in [0.1, 0.15) is 23.9 Å². The summed E-state index contributed by atoms with van der Waals surface area (Å²) < 4.78 is 25.0. The van der Waals surface area contributed by atoms with E-state index in [4.69, 9.17) is 18.9 Å². The normalized spacial score (nSPS) is 19.9. The van der Waals surface area contributed by atoms with Crippen LogP contribution >= 0.6 is 0 Å². The number of benzene rings is 6. The number of anilines is 1. The molecule has 2 unspecified atom stereocenters. The molecule has 2 aliphatic heterocycles. The predicted octanol–water partition coefficient (Wildman–Crippen LogP) is 10.1. The lowest BCUT2D eigenvalue weighted by Gasteiger charge is -2.39. The first-order valence-corrected chi connectivity index (χ1v) is 18.5. The van der Waals surface area contributed by atoms with E-state index in [9.17, 15) is 0 Å². The van der Waals surface area contributed by atoms with Gasteiger partial charge in [-0.3, -0.25) is 0 Å². The Balaban J connectivity index is 1.27. The molecule has 0 amide bonds. The second-order valence-electron chi connectivity index (χ2n) is 14.4. The molecule has 0 radical (unpaired) electrons. The summed E-state index contributed by atoms with van der Waals surface area (Å²) in [6.45, 7) is 9.90. The van der Waals surface area contributed by atoms with Crippen LogP contribution in [0, 0.1) is 0 Å². The molecule has 1 fully saturated rings. The van der Waals surface area contributed by atoms with Gasteiger partial charge in [0.05, 0.1) is 20.3 Å². The van der Waals surface area contributed by atoms with Gasteiger partial charge in [-0.25, -0.2) is 0 Å². The van der Waals surface area contributed by atoms with Gasteiger partial charge in [-0.2, -0.15) is 0 Å². The Morgan fingerprint density at radius 2 is 1.49 bits per heavy atom. The van der Waals surface area contributed by atoms with Crippen molar-refractivity contribution in [2.75, 3.05) is 44.9 Å². The van der Waals surface area contributed by atoms with Crippen LogP contribution in [-0.4, -0.2) is 40.0 Å². The molecule has 0 saturated carbocycles. The van der Waals surface area contributed by atoms with Crippen LogP contribution in [0.25, 0.3) is 28.0 Å². The Morgan fingerprint density at radius 1 is 0.792 bits per heavy atom. The summed E-state index contributed by atoms with van der Waals surface area (Å²) in [4.78, 5) is 2.38. The van der Waals surface area contributed by atoms with Crippen LogP contribution < -0.4 is 19.1 Å². The van der Waals surface area contributed by atoms with E-state index in [0.29, 0.717) is 6.61 Å². The van der Waals surface area contributed by atoms with Gasteiger partial charge in [0.15, 0.2) is 5.60 Å². The summed E-state index contributed by atoms with van der Waals surface area (Å²) in [5, 5.41) is 2.19. The maximum Gasteiger partial charge on any atom is 0.178 e. The van der Waals surface area contributed by atoms with Gasteiger partial charge < -0.3 is 23.8 Å². The van der Waals surface area contributed by atoms with Gasteiger partial charge in [-0.15, -0.1) is 0 Å². The summed E-state index contributed by atoms with van der Waals surface area (Å²) in [5.41, 5.74) is 9.59. The molecule has 0 aromatic heterocycles. The smallest absolute Gasteiger partial charge is 0.178 e. The third-order valence-electron chi connectivity index (χ3n) is 11.3.